The summed E-state index contributed by atoms with van der Waals surface area (Å²) in [7, 11) is 1.73. The molecule has 4 rings (SSSR count). The van der Waals surface area contributed by atoms with Gasteiger partial charge in [-0.3, -0.25) is 9.48 Å². The summed E-state index contributed by atoms with van der Waals surface area (Å²) >= 11 is 5.82. The Kier molecular flexibility index (Phi) is 5.28. The Hall–Kier alpha value is -2.86. The van der Waals surface area contributed by atoms with Crippen LogP contribution in [0.5, 0.6) is 0 Å². The molecule has 29 heavy (non-hydrogen) atoms. The number of carbonyl (C=O) groups excluding carboxylic acids is 1. The van der Waals surface area contributed by atoms with E-state index in [2.05, 4.69) is 22.5 Å². The van der Waals surface area contributed by atoms with Crippen molar-refractivity contribution in [1.82, 2.24) is 9.78 Å². The number of carbonyl (C=O) groups is 1. The van der Waals surface area contributed by atoms with E-state index in [1.807, 2.05) is 18.2 Å². The largest absolute Gasteiger partial charge is 0.383 e. The fourth-order valence-corrected chi connectivity index (χ4v) is 4.28. The molecule has 1 fully saturated rings. The van der Waals surface area contributed by atoms with E-state index in [1.165, 1.54) is 28.4 Å². The second-order valence-electron chi connectivity index (χ2n) is 7.47. The molecule has 1 saturated carbocycles. The number of anilines is 2. The van der Waals surface area contributed by atoms with Gasteiger partial charge < -0.3 is 11.1 Å². The molecule has 1 aromatic heterocycles. The summed E-state index contributed by atoms with van der Waals surface area (Å²) in [6.45, 7) is 0. The van der Waals surface area contributed by atoms with Crippen molar-refractivity contribution in [3.63, 3.8) is 0 Å². The van der Waals surface area contributed by atoms with E-state index in [0.717, 1.165) is 19.3 Å². The molecule has 7 heteroatoms. The van der Waals surface area contributed by atoms with Crippen LogP contribution in [0.15, 0.2) is 48.5 Å². The van der Waals surface area contributed by atoms with E-state index < -0.39 is 5.82 Å². The van der Waals surface area contributed by atoms with Gasteiger partial charge in [-0.1, -0.05) is 41.9 Å². The highest BCUT2D eigenvalue weighted by Gasteiger charge is 2.33. The number of aromatic nitrogens is 2. The Morgan fingerprint density at radius 1 is 1.21 bits per heavy atom. The predicted octanol–water partition coefficient (Wildman–Crippen LogP) is 5.10. The molecule has 2 atom stereocenters. The molecule has 0 spiro atoms. The number of aryl methyl sites for hydroxylation is 1. The minimum Gasteiger partial charge on any atom is -0.383 e. The summed E-state index contributed by atoms with van der Waals surface area (Å²) < 4.78 is 14.9. The second kappa shape index (κ2) is 7.87. The van der Waals surface area contributed by atoms with Crippen LogP contribution in [-0.4, -0.2) is 15.7 Å². The Morgan fingerprint density at radius 3 is 2.66 bits per heavy atom. The van der Waals surface area contributed by atoms with Gasteiger partial charge in [0.15, 0.2) is 0 Å². The zero-order valence-corrected chi connectivity index (χ0v) is 16.8. The highest BCUT2D eigenvalue weighted by atomic mass is 35.5. The topological polar surface area (TPSA) is 72.9 Å². The molecular formula is C22H22ClFN4O. The van der Waals surface area contributed by atoms with Crippen LogP contribution in [-0.2, 0) is 7.05 Å². The molecule has 150 valence electrons. The first-order valence-electron chi connectivity index (χ1n) is 9.57. The van der Waals surface area contributed by atoms with Gasteiger partial charge in [-0.25, -0.2) is 4.39 Å². The van der Waals surface area contributed by atoms with Crippen LogP contribution in [0.4, 0.5) is 15.9 Å². The molecule has 1 amide bonds. The second-order valence-corrected chi connectivity index (χ2v) is 7.88. The zero-order valence-electron chi connectivity index (χ0n) is 16.0. The third-order valence-corrected chi connectivity index (χ3v) is 5.90. The first-order valence-corrected chi connectivity index (χ1v) is 9.95. The molecule has 0 aliphatic heterocycles. The summed E-state index contributed by atoms with van der Waals surface area (Å²) in [4.78, 5) is 13.0. The van der Waals surface area contributed by atoms with Crippen molar-refractivity contribution in [3.05, 3.63) is 76.2 Å². The zero-order chi connectivity index (χ0) is 20.5. The lowest BCUT2D eigenvalue weighted by Crippen LogP contribution is -2.16. The van der Waals surface area contributed by atoms with Crippen LogP contribution < -0.4 is 11.1 Å². The third-order valence-electron chi connectivity index (χ3n) is 5.61. The SMILES string of the molecule is Cn1nc([C@@H]2CC[C@@H](c3ccccc3)C2)c(C(=O)Nc2ccc(F)c(Cl)c2)c1N. The molecule has 3 aromatic rings. The fourth-order valence-electron chi connectivity index (χ4n) is 4.10. The van der Waals surface area contributed by atoms with Crippen molar-refractivity contribution in [1.29, 1.82) is 0 Å². The lowest BCUT2D eigenvalue weighted by molar-refractivity contribution is 0.102. The van der Waals surface area contributed by atoms with E-state index in [9.17, 15) is 9.18 Å². The molecular weight excluding hydrogens is 391 g/mol. The smallest absolute Gasteiger partial charge is 0.261 e. The van der Waals surface area contributed by atoms with Gasteiger partial charge in [0, 0.05) is 18.7 Å². The van der Waals surface area contributed by atoms with Crippen LogP contribution in [0.2, 0.25) is 5.02 Å². The average molecular weight is 413 g/mol. The summed E-state index contributed by atoms with van der Waals surface area (Å²) in [5.74, 6) is 0.00645. The van der Waals surface area contributed by atoms with Gasteiger partial charge in [-0.05, 0) is 48.9 Å². The number of amides is 1. The lowest BCUT2D eigenvalue weighted by Gasteiger charge is -2.12. The quantitative estimate of drug-likeness (QED) is 0.626. The van der Waals surface area contributed by atoms with Gasteiger partial charge >= 0.3 is 0 Å². The van der Waals surface area contributed by atoms with E-state index in [4.69, 9.17) is 17.3 Å². The van der Waals surface area contributed by atoms with Crippen molar-refractivity contribution >= 4 is 29.0 Å². The summed E-state index contributed by atoms with van der Waals surface area (Å²) in [5.41, 5.74) is 8.99. The Morgan fingerprint density at radius 2 is 1.93 bits per heavy atom. The van der Waals surface area contributed by atoms with Crippen LogP contribution in [0.1, 0.15) is 52.7 Å². The number of halogens is 2. The monoisotopic (exact) mass is 412 g/mol. The van der Waals surface area contributed by atoms with E-state index >= 15 is 0 Å². The maximum absolute atomic E-state index is 13.4. The van der Waals surface area contributed by atoms with Crippen molar-refractivity contribution < 1.29 is 9.18 Å². The summed E-state index contributed by atoms with van der Waals surface area (Å²) in [6.07, 6.45) is 2.90. The van der Waals surface area contributed by atoms with Crippen molar-refractivity contribution in [3.8, 4) is 0 Å². The number of nitrogens with one attached hydrogen (secondary N) is 1. The van der Waals surface area contributed by atoms with Crippen LogP contribution in [0.3, 0.4) is 0 Å². The van der Waals surface area contributed by atoms with Gasteiger partial charge in [-0.15, -0.1) is 0 Å². The van der Waals surface area contributed by atoms with Gasteiger partial charge in [0.1, 0.15) is 17.2 Å². The maximum atomic E-state index is 13.4. The van der Waals surface area contributed by atoms with Gasteiger partial charge in [0.2, 0.25) is 0 Å². The van der Waals surface area contributed by atoms with Crippen LogP contribution >= 0.6 is 11.6 Å². The molecule has 0 bridgehead atoms. The molecule has 0 radical (unpaired) electrons. The highest BCUT2D eigenvalue weighted by Crippen LogP contribution is 2.44. The number of rotatable bonds is 4. The molecule has 5 nitrogen and oxygen atoms in total. The van der Waals surface area contributed by atoms with Crippen LogP contribution in [0, 0.1) is 5.82 Å². The standard InChI is InChI=1S/C22H22ClFN4O/c1-28-21(25)19(22(29)26-16-9-10-18(24)17(23)12-16)20(27-28)15-8-7-14(11-15)13-5-3-2-4-6-13/h2-6,9-10,12,14-15H,7-8,11,25H2,1H3,(H,26,29)/t14-,15-/m1/s1. The summed E-state index contributed by atoms with van der Waals surface area (Å²) in [5, 5.41) is 7.27. The first kappa shape index (κ1) is 19.5. The molecule has 0 saturated heterocycles. The van der Waals surface area contributed by atoms with Gasteiger partial charge in [0.05, 0.1) is 10.7 Å². The number of hydrogen-bond donors (Lipinski definition) is 2. The number of nitrogens with zero attached hydrogens (tertiary/aromatic N) is 2. The number of nitrogen functional groups attached to an aromatic ring is 1. The fraction of sp³-hybridized carbons (Fsp3) is 0.273. The minimum atomic E-state index is -0.538. The number of nitrogens with two attached hydrogens (primary N) is 1. The first-order chi connectivity index (χ1) is 13.9. The van der Waals surface area contributed by atoms with Crippen molar-refractivity contribution in [2.45, 2.75) is 31.1 Å². The Labute approximate surface area is 173 Å². The molecule has 1 aliphatic rings. The average Bonchev–Trinajstić information content (AvgIpc) is 3.31. The van der Waals surface area contributed by atoms with E-state index in [0.29, 0.717) is 28.7 Å². The van der Waals surface area contributed by atoms with Crippen molar-refractivity contribution in [2.75, 3.05) is 11.1 Å². The van der Waals surface area contributed by atoms with Crippen molar-refractivity contribution in [2.24, 2.45) is 7.05 Å². The molecule has 3 N–H and O–H groups in total. The predicted molar refractivity (Wildman–Crippen MR) is 113 cm³/mol. The normalized spacial score (nSPS) is 18.7. The number of benzene rings is 2. The Balaban J connectivity index is 1.59. The van der Waals surface area contributed by atoms with Gasteiger partial charge in [-0.2, -0.15) is 5.10 Å². The Bertz CT molecular complexity index is 1050. The van der Waals surface area contributed by atoms with E-state index in [-0.39, 0.29) is 16.8 Å². The molecule has 2 aromatic carbocycles. The molecule has 0 unspecified atom stereocenters. The third kappa shape index (κ3) is 3.85. The van der Waals surface area contributed by atoms with E-state index in [1.54, 1.807) is 7.05 Å². The molecule has 1 heterocycles. The molecule has 1 aliphatic carbocycles. The van der Waals surface area contributed by atoms with Crippen LogP contribution in [0.25, 0.3) is 0 Å². The number of hydrogen-bond acceptors (Lipinski definition) is 3. The lowest BCUT2D eigenvalue weighted by atomic mass is 9.94. The maximum Gasteiger partial charge on any atom is 0.261 e. The highest BCUT2D eigenvalue weighted by molar-refractivity contribution is 6.31. The minimum absolute atomic E-state index is 0.0522. The van der Waals surface area contributed by atoms with Gasteiger partial charge in [0.25, 0.3) is 5.91 Å². The summed E-state index contributed by atoms with van der Waals surface area (Å²) in [6, 6.07) is 14.5.